The van der Waals surface area contributed by atoms with Crippen LogP contribution in [-0.4, -0.2) is 14.4 Å². The molecule has 0 aliphatic carbocycles. The van der Waals surface area contributed by atoms with Crippen LogP contribution in [0.2, 0.25) is 0 Å². The monoisotopic (exact) mass is 397 g/mol. The molecule has 0 aromatic heterocycles. The van der Waals surface area contributed by atoms with Gasteiger partial charge in [0.05, 0.1) is 9.94 Å². The summed E-state index contributed by atoms with van der Waals surface area (Å²) >= 11 is 3.31. The first-order chi connectivity index (χ1) is 10.8. The average Bonchev–Trinajstić information content (AvgIpc) is 2.54. The Bertz CT molecular complexity index is 751. The fourth-order valence-corrected chi connectivity index (χ4v) is 2.00. The topological polar surface area (TPSA) is 72.8 Å². The van der Waals surface area contributed by atoms with Crippen molar-refractivity contribution in [2.75, 3.05) is 0 Å². The lowest BCUT2D eigenvalue weighted by atomic mass is 9.85. The van der Waals surface area contributed by atoms with Gasteiger partial charge in [0, 0.05) is 4.47 Å². The van der Waals surface area contributed by atoms with E-state index in [0.717, 1.165) is 10.0 Å². The molecular formula is C16H16BrNO4S. The van der Waals surface area contributed by atoms with Gasteiger partial charge in [-0.3, -0.25) is 0 Å². The van der Waals surface area contributed by atoms with E-state index in [0.29, 0.717) is 0 Å². The van der Waals surface area contributed by atoms with Gasteiger partial charge in [-0.1, -0.05) is 64.5 Å². The summed E-state index contributed by atoms with van der Waals surface area (Å²) in [5.74, 6) is -0.720. The van der Waals surface area contributed by atoms with Crippen LogP contribution in [0, 0.1) is 0 Å². The van der Waals surface area contributed by atoms with E-state index in [9.17, 15) is 13.2 Å². The van der Waals surface area contributed by atoms with Crippen molar-refractivity contribution in [2.45, 2.75) is 19.3 Å². The first-order valence-electron chi connectivity index (χ1n) is 6.62. The summed E-state index contributed by atoms with van der Waals surface area (Å²) in [6.07, 6.45) is 0. The third-order valence-electron chi connectivity index (χ3n) is 2.92. The molecule has 5 nitrogen and oxygen atoms in total. The molecule has 0 spiro atoms. The number of rotatable bonds is 3. The Hall–Kier alpha value is -1.99. The van der Waals surface area contributed by atoms with Crippen molar-refractivity contribution in [3.63, 3.8) is 0 Å². The molecule has 0 saturated heterocycles. The van der Waals surface area contributed by atoms with E-state index in [-0.39, 0.29) is 0 Å². The number of hydrogen-bond acceptors (Lipinski definition) is 5. The zero-order valence-electron chi connectivity index (χ0n) is 12.6. The Morgan fingerprint density at radius 1 is 1.00 bits per heavy atom. The maximum atomic E-state index is 11.6. The first-order valence-corrected chi connectivity index (χ1v) is 8.44. The fraction of sp³-hybridized carbons (Fsp3) is 0.188. The molecule has 0 heterocycles. The van der Waals surface area contributed by atoms with Gasteiger partial charge in [0.15, 0.2) is 0 Å². The third kappa shape index (κ3) is 6.75. The van der Waals surface area contributed by atoms with E-state index in [4.69, 9.17) is 0 Å². The van der Waals surface area contributed by atoms with Crippen LogP contribution >= 0.6 is 15.9 Å². The zero-order valence-corrected chi connectivity index (χ0v) is 15.0. The van der Waals surface area contributed by atoms with Crippen LogP contribution in [-0.2, 0) is 25.5 Å². The Morgan fingerprint density at radius 3 is 1.87 bits per heavy atom. The van der Waals surface area contributed by atoms with E-state index in [2.05, 4.69) is 25.3 Å². The average molecular weight is 398 g/mol. The highest BCUT2D eigenvalue weighted by atomic mass is 79.9. The molecule has 0 saturated carbocycles. The number of benzene rings is 2. The molecule has 0 amide bonds. The smallest absolute Gasteiger partial charge is 0.302 e. The van der Waals surface area contributed by atoms with Gasteiger partial charge in [0.1, 0.15) is 0 Å². The van der Waals surface area contributed by atoms with Gasteiger partial charge >= 0.3 is 16.5 Å². The van der Waals surface area contributed by atoms with Crippen molar-refractivity contribution in [3.05, 3.63) is 70.7 Å². The normalized spacial score (nSPS) is 10.0. The predicted octanol–water partition coefficient (Wildman–Crippen LogP) is 3.93. The molecule has 0 atom stereocenters. The van der Waals surface area contributed by atoms with E-state index in [1.54, 1.807) is 38.1 Å². The van der Waals surface area contributed by atoms with E-state index in [1.807, 2.05) is 36.4 Å². The number of carbonyl (C=O) groups is 1. The van der Waals surface area contributed by atoms with Crippen molar-refractivity contribution >= 4 is 32.4 Å². The lowest BCUT2D eigenvalue weighted by Crippen LogP contribution is -2.29. The maximum Gasteiger partial charge on any atom is 0.349 e. The molecule has 0 aliphatic heterocycles. The van der Waals surface area contributed by atoms with Gasteiger partial charge in [-0.05, 0) is 31.5 Å². The Balaban J connectivity index is 0.000000313. The second kappa shape index (κ2) is 9.22. The highest BCUT2D eigenvalue weighted by molar-refractivity contribution is 9.10. The molecule has 0 unspecified atom stereocenters. The minimum absolute atomic E-state index is 0.720. The standard InChI is InChI=1S/C10H11NO4S.C6H5Br/c1-10(2,8-6-4-3-5-7-8)9(12)15-11-16(13)14;7-6-4-2-1-3-5-6/h3-7H,1-2H3;1-5H. The second-order valence-corrected chi connectivity index (χ2v) is 6.46. The number of nitrogens with zero attached hydrogens (tertiary/aromatic N) is 1. The summed E-state index contributed by atoms with van der Waals surface area (Å²) in [4.78, 5) is 15.9. The Labute approximate surface area is 145 Å². The molecule has 0 fully saturated rings. The third-order valence-corrected chi connectivity index (χ3v) is 3.64. The van der Waals surface area contributed by atoms with Crippen LogP contribution in [0.4, 0.5) is 0 Å². The van der Waals surface area contributed by atoms with Crippen LogP contribution in [0.25, 0.3) is 0 Å². The van der Waals surface area contributed by atoms with Crippen LogP contribution in [0.15, 0.2) is 69.7 Å². The number of halogens is 1. The maximum absolute atomic E-state index is 11.6. The summed E-state index contributed by atoms with van der Waals surface area (Å²) in [5, 5.41) is 0. The van der Waals surface area contributed by atoms with Gasteiger partial charge in [0.2, 0.25) is 0 Å². The Kier molecular flexibility index (Phi) is 7.64. The molecule has 2 aromatic carbocycles. The molecule has 0 radical (unpaired) electrons. The quantitative estimate of drug-likeness (QED) is 0.735. The molecule has 0 N–H and O–H groups in total. The number of carbonyl (C=O) groups excluding carboxylic acids is 1. The van der Waals surface area contributed by atoms with Crippen LogP contribution < -0.4 is 0 Å². The zero-order chi connectivity index (χ0) is 17.3. The lowest BCUT2D eigenvalue weighted by molar-refractivity contribution is -0.149. The predicted molar refractivity (Wildman–Crippen MR) is 91.0 cm³/mol. The highest BCUT2D eigenvalue weighted by Gasteiger charge is 2.32. The van der Waals surface area contributed by atoms with Crippen molar-refractivity contribution in [3.8, 4) is 0 Å². The van der Waals surface area contributed by atoms with Gasteiger partial charge in [-0.2, -0.15) is 8.42 Å². The van der Waals surface area contributed by atoms with Crippen molar-refractivity contribution in [1.82, 2.24) is 0 Å². The molecule has 0 bridgehead atoms. The van der Waals surface area contributed by atoms with Crippen molar-refractivity contribution in [2.24, 2.45) is 4.53 Å². The fourth-order valence-electron chi connectivity index (χ4n) is 1.57. The SMILES string of the molecule is Brc1ccccc1.CC(C)(C(=O)ON=S(=O)=O)c1ccccc1. The van der Waals surface area contributed by atoms with E-state index < -0.39 is 21.9 Å². The van der Waals surface area contributed by atoms with E-state index >= 15 is 0 Å². The first kappa shape index (κ1) is 19.1. The molecule has 23 heavy (non-hydrogen) atoms. The molecule has 2 aromatic rings. The summed E-state index contributed by atoms with van der Waals surface area (Å²) in [6.45, 7) is 3.27. The van der Waals surface area contributed by atoms with Gasteiger partial charge in [-0.25, -0.2) is 4.79 Å². The second-order valence-electron chi connectivity index (χ2n) is 4.96. The van der Waals surface area contributed by atoms with Crippen molar-refractivity contribution in [1.29, 1.82) is 0 Å². The molecule has 0 aliphatic rings. The molecule has 7 heteroatoms. The van der Waals surface area contributed by atoms with Crippen LogP contribution in [0.5, 0.6) is 0 Å². The van der Waals surface area contributed by atoms with Crippen LogP contribution in [0.3, 0.4) is 0 Å². The summed E-state index contributed by atoms with van der Waals surface area (Å²) in [5.41, 5.74) is -0.212. The van der Waals surface area contributed by atoms with Gasteiger partial charge < -0.3 is 4.84 Å². The van der Waals surface area contributed by atoms with Gasteiger partial charge in [0.25, 0.3) is 0 Å². The van der Waals surface area contributed by atoms with Gasteiger partial charge in [-0.15, -0.1) is 0 Å². The highest BCUT2D eigenvalue weighted by Crippen LogP contribution is 2.24. The Morgan fingerprint density at radius 2 is 1.48 bits per heavy atom. The number of hydrogen-bond donors (Lipinski definition) is 0. The van der Waals surface area contributed by atoms with Crippen LogP contribution in [0.1, 0.15) is 19.4 Å². The summed E-state index contributed by atoms with van der Waals surface area (Å²) in [6, 6.07) is 18.9. The summed E-state index contributed by atoms with van der Waals surface area (Å²) < 4.78 is 24.1. The lowest BCUT2D eigenvalue weighted by Gasteiger charge is -2.20. The largest absolute Gasteiger partial charge is 0.349 e. The molecule has 122 valence electrons. The minimum Gasteiger partial charge on any atom is -0.302 e. The molecular weight excluding hydrogens is 382 g/mol. The molecule has 2 rings (SSSR count). The van der Waals surface area contributed by atoms with E-state index in [1.165, 1.54) is 0 Å². The minimum atomic E-state index is -2.75. The summed E-state index contributed by atoms with van der Waals surface area (Å²) in [7, 11) is -2.75. The van der Waals surface area contributed by atoms with Crippen molar-refractivity contribution < 1.29 is 18.0 Å².